The van der Waals surface area contributed by atoms with Gasteiger partial charge in [0.05, 0.1) is 0 Å². The first-order valence-corrected chi connectivity index (χ1v) is 6.49. The molecule has 1 aromatic heterocycles. The Labute approximate surface area is 104 Å². The molecule has 1 unspecified atom stereocenters. The van der Waals surface area contributed by atoms with Crippen LogP contribution in [0.2, 0.25) is 0 Å². The second-order valence-electron chi connectivity index (χ2n) is 5.65. The summed E-state index contributed by atoms with van der Waals surface area (Å²) in [4.78, 5) is 0. The quantitative estimate of drug-likeness (QED) is 0.829. The Hall–Kier alpha value is -0.900. The fourth-order valence-electron chi connectivity index (χ4n) is 1.67. The molecule has 0 saturated carbocycles. The van der Waals surface area contributed by atoms with Crippen molar-refractivity contribution in [3.05, 3.63) is 11.8 Å². The standard InChI is InChI=1S/C13H25N3O/c1-6-7-10(2)12-16-15-11(17-12)8-9-14-13(3,4)5/h10,14H,6-9H2,1-5H3. The molecular weight excluding hydrogens is 214 g/mol. The van der Waals surface area contributed by atoms with Gasteiger partial charge in [-0.3, -0.25) is 0 Å². The number of nitrogens with zero attached hydrogens (tertiary/aromatic N) is 2. The highest BCUT2D eigenvalue weighted by Gasteiger charge is 2.14. The summed E-state index contributed by atoms with van der Waals surface area (Å²) in [5, 5.41) is 11.6. The zero-order valence-corrected chi connectivity index (χ0v) is 11.7. The predicted molar refractivity (Wildman–Crippen MR) is 69.1 cm³/mol. The van der Waals surface area contributed by atoms with Crippen molar-refractivity contribution in [3.8, 4) is 0 Å². The molecule has 0 radical (unpaired) electrons. The number of hydrogen-bond acceptors (Lipinski definition) is 4. The highest BCUT2D eigenvalue weighted by atomic mass is 16.4. The normalized spacial score (nSPS) is 13.9. The van der Waals surface area contributed by atoms with Gasteiger partial charge in [0.1, 0.15) is 0 Å². The van der Waals surface area contributed by atoms with Crippen LogP contribution in [0.3, 0.4) is 0 Å². The van der Waals surface area contributed by atoms with E-state index in [1.165, 1.54) is 0 Å². The molecule has 4 nitrogen and oxygen atoms in total. The van der Waals surface area contributed by atoms with E-state index in [0.29, 0.717) is 5.92 Å². The summed E-state index contributed by atoms with van der Waals surface area (Å²) in [5.41, 5.74) is 0.137. The Bertz CT molecular complexity index is 328. The van der Waals surface area contributed by atoms with Crippen LogP contribution in [0, 0.1) is 0 Å². The molecule has 1 aromatic rings. The summed E-state index contributed by atoms with van der Waals surface area (Å²) < 4.78 is 5.65. The summed E-state index contributed by atoms with van der Waals surface area (Å²) in [7, 11) is 0. The van der Waals surface area contributed by atoms with Gasteiger partial charge in [0, 0.05) is 24.4 Å². The lowest BCUT2D eigenvalue weighted by Crippen LogP contribution is -2.37. The lowest BCUT2D eigenvalue weighted by molar-refractivity contribution is 0.388. The maximum absolute atomic E-state index is 5.65. The first-order valence-electron chi connectivity index (χ1n) is 6.49. The average Bonchev–Trinajstić information content (AvgIpc) is 2.65. The summed E-state index contributed by atoms with van der Waals surface area (Å²) in [6, 6.07) is 0. The largest absolute Gasteiger partial charge is 0.425 e. The summed E-state index contributed by atoms with van der Waals surface area (Å²) in [6.45, 7) is 11.6. The Balaban J connectivity index is 2.40. The van der Waals surface area contributed by atoms with Gasteiger partial charge >= 0.3 is 0 Å². The summed E-state index contributed by atoms with van der Waals surface area (Å²) >= 11 is 0. The molecular formula is C13H25N3O. The molecule has 1 N–H and O–H groups in total. The van der Waals surface area contributed by atoms with E-state index in [1.807, 2.05) is 0 Å². The molecule has 0 amide bonds. The van der Waals surface area contributed by atoms with Crippen molar-refractivity contribution in [3.63, 3.8) is 0 Å². The van der Waals surface area contributed by atoms with Crippen molar-refractivity contribution in [2.24, 2.45) is 0 Å². The third kappa shape index (κ3) is 5.31. The molecule has 0 fully saturated rings. The van der Waals surface area contributed by atoms with E-state index < -0.39 is 0 Å². The number of nitrogens with one attached hydrogen (secondary N) is 1. The Morgan fingerprint density at radius 3 is 2.59 bits per heavy atom. The van der Waals surface area contributed by atoms with E-state index in [-0.39, 0.29) is 5.54 Å². The van der Waals surface area contributed by atoms with E-state index in [0.717, 1.165) is 37.6 Å². The molecule has 1 atom stereocenters. The monoisotopic (exact) mass is 239 g/mol. The zero-order chi connectivity index (χ0) is 12.9. The van der Waals surface area contributed by atoms with Crippen molar-refractivity contribution in [2.75, 3.05) is 6.54 Å². The minimum atomic E-state index is 0.137. The maximum Gasteiger partial charge on any atom is 0.219 e. The highest BCUT2D eigenvalue weighted by molar-refractivity contribution is 4.89. The minimum Gasteiger partial charge on any atom is -0.425 e. The second kappa shape index (κ2) is 6.15. The van der Waals surface area contributed by atoms with Gasteiger partial charge in [-0.05, 0) is 27.2 Å². The van der Waals surface area contributed by atoms with Gasteiger partial charge in [0.25, 0.3) is 0 Å². The van der Waals surface area contributed by atoms with Gasteiger partial charge in [0.2, 0.25) is 11.8 Å². The Morgan fingerprint density at radius 1 is 1.29 bits per heavy atom. The van der Waals surface area contributed by atoms with Crippen molar-refractivity contribution in [2.45, 2.75) is 65.3 Å². The van der Waals surface area contributed by atoms with Gasteiger partial charge in [-0.15, -0.1) is 10.2 Å². The molecule has 1 heterocycles. The molecule has 17 heavy (non-hydrogen) atoms. The third-order valence-electron chi connectivity index (χ3n) is 2.62. The first-order chi connectivity index (χ1) is 7.92. The van der Waals surface area contributed by atoms with E-state index in [4.69, 9.17) is 4.42 Å². The Morgan fingerprint density at radius 2 is 2.00 bits per heavy atom. The molecule has 98 valence electrons. The fraction of sp³-hybridized carbons (Fsp3) is 0.846. The molecule has 0 aliphatic carbocycles. The van der Waals surface area contributed by atoms with Crippen LogP contribution in [0.5, 0.6) is 0 Å². The highest BCUT2D eigenvalue weighted by Crippen LogP contribution is 2.18. The zero-order valence-electron chi connectivity index (χ0n) is 11.7. The molecule has 4 heteroatoms. The maximum atomic E-state index is 5.65. The molecule has 0 bridgehead atoms. The Kier molecular flexibility index (Phi) is 5.12. The lowest BCUT2D eigenvalue weighted by atomic mass is 10.1. The molecule has 0 saturated heterocycles. The van der Waals surface area contributed by atoms with Gasteiger partial charge in [-0.2, -0.15) is 0 Å². The van der Waals surface area contributed by atoms with Crippen molar-refractivity contribution < 1.29 is 4.42 Å². The van der Waals surface area contributed by atoms with Crippen molar-refractivity contribution in [1.29, 1.82) is 0 Å². The van der Waals surface area contributed by atoms with E-state index in [2.05, 4.69) is 50.1 Å². The van der Waals surface area contributed by atoms with E-state index >= 15 is 0 Å². The van der Waals surface area contributed by atoms with Crippen LogP contribution < -0.4 is 5.32 Å². The van der Waals surface area contributed by atoms with Crippen LogP contribution >= 0.6 is 0 Å². The van der Waals surface area contributed by atoms with Crippen LogP contribution in [0.15, 0.2) is 4.42 Å². The van der Waals surface area contributed by atoms with Crippen molar-refractivity contribution >= 4 is 0 Å². The first kappa shape index (κ1) is 14.2. The third-order valence-corrected chi connectivity index (χ3v) is 2.62. The number of hydrogen-bond donors (Lipinski definition) is 1. The van der Waals surface area contributed by atoms with E-state index in [9.17, 15) is 0 Å². The second-order valence-corrected chi connectivity index (χ2v) is 5.65. The molecule has 0 aliphatic rings. The van der Waals surface area contributed by atoms with Crippen molar-refractivity contribution in [1.82, 2.24) is 15.5 Å². The van der Waals surface area contributed by atoms with Crippen LogP contribution in [-0.4, -0.2) is 22.3 Å². The SMILES string of the molecule is CCCC(C)c1nnc(CCNC(C)(C)C)o1. The van der Waals surface area contributed by atoms with Crippen LogP contribution in [0.4, 0.5) is 0 Å². The summed E-state index contributed by atoms with van der Waals surface area (Å²) in [5.74, 6) is 1.88. The van der Waals surface area contributed by atoms with Gasteiger partial charge in [-0.25, -0.2) is 0 Å². The van der Waals surface area contributed by atoms with Gasteiger partial charge < -0.3 is 9.73 Å². The minimum absolute atomic E-state index is 0.137. The predicted octanol–water partition coefficient (Wildman–Crippen LogP) is 2.90. The van der Waals surface area contributed by atoms with Gasteiger partial charge in [-0.1, -0.05) is 20.3 Å². The number of aromatic nitrogens is 2. The average molecular weight is 239 g/mol. The smallest absolute Gasteiger partial charge is 0.219 e. The summed E-state index contributed by atoms with van der Waals surface area (Å²) in [6.07, 6.45) is 3.04. The van der Waals surface area contributed by atoms with Crippen LogP contribution in [0.1, 0.15) is 65.2 Å². The molecule has 1 rings (SSSR count). The van der Waals surface area contributed by atoms with Crippen LogP contribution in [-0.2, 0) is 6.42 Å². The van der Waals surface area contributed by atoms with Crippen LogP contribution in [0.25, 0.3) is 0 Å². The fourth-order valence-corrected chi connectivity index (χ4v) is 1.67. The molecule has 0 aliphatic heterocycles. The van der Waals surface area contributed by atoms with E-state index in [1.54, 1.807) is 0 Å². The topological polar surface area (TPSA) is 51.0 Å². The lowest BCUT2D eigenvalue weighted by Gasteiger charge is -2.19. The molecule has 0 aromatic carbocycles. The molecule has 0 spiro atoms. The number of rotatable bonds is 6. The van der Waals surface area contributed by atoms with Gasteiger partial charge in [0.15, 0.2) is 0 Å².